The van der Waals surface area contributed by atoms with Crippen LogP contribution in [0.2, 0.25) is 0 Å². The van der Waals surface area contributed by atoms with E-state index in [1.807, 2.05) is 60.7 Å². The van der Waals surface area contributed by atoms with Crippen molar-refractivity contribution in [1.82, 2.24) is 15.2 Å². The van der Waals surface area contributed by atoms with E-state index in [0.29, 0.717) is 37.1 Å². The second kappa shape index (κ2) is 9.97. The minimum absolute atomic E-state index is 0.00449. The Balaban J connectivity index is 1.28. The van der Waals surface area contributed by atoms with Crippen LogP contribution in [0.25, 0.3) is 11.5 Å². The molecule has 1 aliphatic carbocycles. The van der Waals surface area contributed by atoms with Gasteiger partial charge in [-0.25, -0.2) is 4.98 Å². The molecule has 0 saturated heterocycles. The van der Waals surface area contributed by atoms with Gasteiger partial charge in [-0.15, -0.1) is 0 Å². The number of oxazole rings is 1. The first-order valence-corrected chi connectivity index (χ1v) is 11.4. The smallest absolute Gasteiger partial charge is 0.251 e. The van der Waals surface area contributed by atoms with Crippen molar-refractivity contribution in [2.45, 2.75) is 38.5 Å². The van der Waals surface area contributed by atoms with Gasteiger partial charge >= 0.3 is 0 Å². The van der Waals surface area contributed by atoms with Gasteiger partial charge in [0.25, 0.3) is 5.91 Å². The zero-order valence-corrected chi connectivity index (χ0v) is 19.1. The normalized spacial score (nSPS) is 13.2. The van der Waals surface area contributed by atoms with Crippen molar-refractivity contribution in [3.8, 4) is 17.2 Å². The summed E-state index contributed by atoms with van der Waals surface area (Å²) < 4.78 is 16.5. The lowest BCUT2D eigenvalue weighted by Gasteiger charge is -2.20. The van der Waals surface area contributed by atoms with E-state index >= 15 is 0 Å². The van der Waals surface area contributed by atoms with E-state index in [1.165, 1.54) is 0 Å². The quantitative estimate of drug-likeness (QED) is 0.359. The van der Waals surface area contributed by atoms with Crippen LogP contribution in [-0.4, -0.2) is 28.9 Å². The SMILES string of the molecule is COc1ccc(-c2nc(CN(Cc3ccc(C(=O)NC4CC4)cc3)Cc3ccco3)co2)cc1. The third-order valence-electron chi connectivity index (χ3n) is 5.77. The predicted octanol–water partition coefficient (Wildman–Crippen LogP) is 5.04. The van der Waals surface area contributed by atoms with Crippen molar-refractivity contribution >= 4 is 5.91 Å². The number of hydrogen-bond acceptors (Lipinski definition) is 6. The summed E-state index contributed by atoms with van der Waals surface area (Å²) in [5, 5.41) is 3.03. The average Bonchev–Trinajstić information content (AvgIpc) is 3.30. The number of rotatable bonds is 10. The molecule has 0 radical (unpaired) electrons. The van der Waals surface area contributed by atoms with Gasteiger partial charge in [-0.2, -0.15) is 0 Å². The van der Waals surface area contributed by atoms with E-state index in [0.717, 1.165) is 41.2 Å². The third kappa shape index (κ3) is 5.55. The minimum atomic E-state index is -0.00449. The number of aromatic nitrogens is 1. The second-order valence-electron chi connectivity index (χ2n) is 8.54. The molecule has 7 heteroatoms. The van der Waals surface area contributed by atoms with Crippen LogP contribution in [0, 0.1) is 0 Å². The van der Waals surface area contributed by atoms with Crippen LogP contribution in [0.5, 0.6) is 5.75 Å². The van der Waals surface area contributed by atoms with E-state index in [2.05, 4.69) is 15.2 Å². The van der Waals surface area contributed by atoms with Gasteiger partial charge in [-0.1, -0.05) is 12.1 Å². The standard InChI is InChI=1S/C27H27N3O4/c1-32-24-12-8-21(9-13-24)27-29-23(18-34-27)16-30(17-25-3-2-14-33-25)15-19-4-6-20(7-5-19)26(31)28-22-10-11-22/h2-9,12-14,18,22H,10-11,15-17H2,1H3,(H,28,31). The first-order valence-electron chi connectivity index (χ1n) is 11.4. The number of hydrogen-bond donors (Lipinski definition) is 1. The number of nitrogens with one attached hydrogen (secondary N) is 1. The Bertz CT molecular complexity index is 1210. The topological polar surface area (TPSA) is 80.7 Å². The molecule has 0 atom stereocenters. The van der Waals surface area contributed by atoms with Gasteiger partial charge in [0.2, 0.25) is 5.89 Å². The Morgan fingerprint density at radius 1 is 1.03 bits per heavy atom. The molecule has 7 nitrogen and oxygen atoms in total. The lowest BCUT2D eigenvalue weighted by molar-refractivity contribution is 0.0951. The van der Waals surface area contributed by atoms with Crippen LogP contribution in [0.3, 0.4) is 0 Å². The zero-order valence-electron chi connectivity index (χ0n) is 19.1. The highest BCUT2D eigenvalue weighted by molar-refractivity contribution is 5.94. The fourth-order valence-corrected chi connectivity index (χ4v) is 3.78. The number of ether oxygens (including phenoxy) is 1. The first kappa shape index (κ1) is 22.0. The van der Waals surface area contributed by atoms with Gasteiger partial charge in [0, 0.05) is 30.3 Å². The molecule has 4 aromatic rings. The summed E-state index contributed by atoms with van der Waals surface area (Å²) in [5.74, 6) is 2.23. The maximum atomic E-state index is 12.3. The van der Waals surface area contributed by atoms with Crippen molar-refractivity contribution in [1.29, 1.82) is 0 Å². The zero-order chi connectivity index (χ0) is 23.3. The highest BCUT2D eigenvalue weighted by Gasteiger charge is 2.23. The molecule has 0 bridgehead atoms. The number of carbonyl (C=O) groups excluding carboxylic acids is 1. The Labute approximate surface area is 198 Å². The Morgan fingerprint density at radius 3 is 2.50 bits per heavy atom. The Morgan fingerprint density at radius 2 is 1.82 bits per heavy atom. The molecule has 2 aromatic carbocycles. The summed E-state index contributed by atoms with van der Waals surface area (Å²) in [4.78, 5) is 19.2. The molecule has 0 unspecified atom stereocenters. The third-order valence-corrected chi connectivity index (χ3v) is 5.77. The highest BCUT2D eigenvalue weighted by Crippen LogP contribution is 2.23. The molecule has 34 heavy (non-hydrogen) atoms. The van der Waals surface area contributed by atoms with Crippen molar-refractivity contribution in [2.75, 3.05) is 7.11 Å². The van der Waals surface area contributed by atoms with Crippen LogP contribution >= 0.6 is 0 Å². The summed E-state index contributed by atoms with van der Waals surface area (Å²) in [6, 6.07) is 19.6. The van der Waals surface area contributed by atoms with E-state index in [9.17, 15) is 4.79 Å². The maximum Gasteiger partial charge on any atom is 0.251 e. The molecule has 2 heterocycles. The minimum Gasteiger partial charge on any atom is -0.497 e. The monoisotopic (exact) mass is 457 g/mol. The van der Waals surface area contributed by atoms with Crippen molar-refractivity contribution < 1.29 is 18.4 Å². The number of benzene rings is 2. The van der Waals surface area contributed by atoms with Gasteiger partial charge < -0.3 is 18.9 Å². The molecule has 2 aromatic heterocycles. The van der Waals surface area contributed by atoms with Gasteiger partial charge in [0.05, 0.1) is 25.6 Å². The highest BCUT2D eigenvalue weighted by atomic mass is 16.5. The maximum absolute atomic E-state index is 12.3. The van der Waals surface area contributed by atoms with Crippen LogP contribution in [0.4, 0.5) is 0 Å². The second-order valence-corrected chi connectivity index (χ2v) is 8.54. The van der Waals surface area contributed by atoms with Crippen molar-refractivity contribution in [2.24, 2.45) is 0 Å². The molecule has 1 fully saturated rings. The average molecular weight is 458 g/mol. The van der Waals surface area contributed by atoms with Gasteiger partial charge in [0.15, 0.2) is 0 Å². The Kier molecular flexibility index (Phi) is 6.44. The number of amides is 1. The van der Waals surface area contributed by atoms with Crippen LogP contribution in [0.15, 0.2) is 82.0 Å². The van der Waals surface area contributed by atoms with E-state index < -0.39 is 0 Å². The molecule has 0 spiro atoms. The van der Waals surface area contributed by atoms with Crippen molar-refractivity contribution in [3.05, 3.63) is 95.8 Å². The van der Waals surface area contributed by atoms with Crippen molar-refractivity contribution in [3.63, 3.8) is 0 Å². The molecule has 5 rings (SSSR count). The van der Waals surface area contributed by atoms with Gasteiger partial charge in [-0.3, -0.25) is 9.69 Å². The van der Waals surface area contributed by atoms with E-state index in [4.69, 9.17) is 13.6 Å². The number of methoxy groups -OCH3 is 1. The fraction of sp³-hybridized carbons (Fsp3) is 0.259. The molecule has 174 valence electrons. The molecule has 0 aliphatic heterocycles. The molecule has 1 aliphatic rings. The lowest BCUT2D eigenvalue weighted by atomic mass is 10.1. The number of carbonyl (C=O) groups is 1. The van der Waals surface area contributed by atoms with Gasteiger partial charge in [-0.05, 0) is 66.9 Å². The van der Waals surface area contributed by atoms with Crippen LogP contribution < -0.4 is 10.1 Å². The largest absolute Gasteiger partial charge is 0.497 e. The summed E-state index contributed by atoms with van der Waals surface area (Å²) in [6.07, 6.45) is 5.53. The first-order chi connectivity index (χ1) is 16.7. The summed E-state index contributed by atoms with van der Waals surface area (Å²) in [7, 11) is 1.64. The molecule has 1 N–H and O–H groups in total. The van der Waals surface area contributed by atoms with E-state index in [1.54, 1.807) is 19.6 Å². The van der Waals surface area contributed by atoms with Crippen LogP contribution in [0.1, 0.15) is 40.2 Å². The number of nitrogens with zero attached hydrogens (tertiary/aromatic N) is 2. The van der Waals surface area contributed by atoms with E-state index in [-0.39, 0.29) is 5.91 Å². The molecule has 1 amide bonds. The summed E-state index contributed by atoms with van der Waals surface area (Å²) in [5.41, 5.74) is 3.52. The summed E-state index contributed by atoms with van der Waals surface area (Å²) in [6.45, 7) is 1.89. The Hall–Kier alpha value is -3.84. The van der Waals surface area contributed by atoms with Gasteiger partial charge in [0.1, 0.15) is 17.8 Å². The molecular formula is C27H27N3O4. The van der Waals surface area contributed by atoms with Crippen LogP contribution in [-0.2, 0) is 19.6 Å². The predicted molar refractivity (Wildman–Crippen MR) is 127 cm³/mol. The summed E-state index contributed by atoms with van der Waals surface area (Å²) >= 11 is 0. The lowest BCUT2D eigenvalue weighted by Crippen LogP contribution is -2.25. The fourth-order valence-electron chi connectivity index (χ4n) is 3.78. The number of furan rings is 1. The molecule has 1 saturated carbocycles. The molecular weight excluding hydrogens is 430 g/mol.